The van der Waals surface area contributed by atoms with Crippen LogP contribution in [0, 0.1) is 0 Å². The van der Waals surface area contributed by atoms with Crippen LogP contribution in [0.4, 0.5) is 4.79 Å². The van der Waals surface area contributed by atoms with E-state index in [0.29, 0.717) is 36.4 Å². The lowest BCUT2D eigenvalue weighted by atomic mass is 9.98. The van der Waals surface area contributed by atoms with Crippen molar-refractivity contribution in [3.63, 3.8) is 0 Å². The Labute approximate surface area is 137 Å². The summed E-state index contributed by atoms with van der Waals surface area (Å²) >= 11 is 6.12. The fourth-order valence-corrected chi connectivity index (χ4v) is 2.74. The van der Waals surface area contributed by atoms with Crippen LogP contribution in [0.25, 0.3) is 0 Å². The Morgan fingerprint density at radius 3 is 2.77 bits per heavy atom. The zero-order valence-corrected chi connectivity index (χ0v) is 14.4. The highest BCUT2D eigenvalue weighted by molar-refractivity contribution is 6.32. The van der Waals surface area contributed by atoms with Crippen molar-refractivity contribution in [3.8, 4) is 5.75 Å². The van der Waals surface area contributed by atoms with Crippen LogP contribution in [0.1, 0.15) is 45.6 Å². The van der Waals surface area contributed by atoms with Crippen LogP contribution in [-0.4, -0.2) is 36.3 Å². The second kappa shape index (κ2) is 6.78. The molecule has 2 rings (SSSR count). The minimum atomic E-state index is -0.461. The summed E-state index contributed by atoms with van der Waals surface area (Å²) in [4.78, 5) is 13.9. The second-order valence-corrected chi connectivity index (χ2v) is 6.94. The molecule has 1 fully saturated rings. The molecule has 0 aliphatic carbocycles. The Bertz CT molecular complexity index is 539. The summed E-state index contributed by atoms with van der Waals surface area (Å²) in [6.07, 6.45) is 0.681. The van der Waals surface area contributed by atoms with Gasteiger partial charge in [-0.1, -0.05) is 17.7 Å². The number of hydrogen-bond donors (Lipinski definition) is 0. The van der Waals surface area contributed by atoms with Crippen molar-refractivity contribution in [1.82, 2.24) is 4.90 Å². The molecule has 1 atom stereocenters. The molecule has 0 aromatic heterocycles. The van der Waals surface area contributed by atoms with E-state index in [-0.39, 0.29) is 6.09 Å². The van der Waals surface area contributed by atoms with Crippen LogP contribution in [0.5, 0.6) is 5.75 Å². The molecule has 1 saturated heterocycles. The van der Waals surface area contributed by atoms with Gasteiger partial charge in [-0.25, -0.2) is 4.79 Å². The molecule has 1 heterocycles. The van der Waals surface area contributed by atoms with E-state index in [9.17, 15) is 4.79 Å². The van der Waals surface area contributed by atoms with Gasteiger partial charge in [0.2, 0.25) is 0 Å². The quantitative estimate of drug-likeness (QED) is 0.823. The van der Waals surface area contributed by atoms with E-state index < -0.39 is 5.60 Å². The van der Waals surface area contributed by atoms with Gasteiger partial charge in [0.25, 0.3) is 0 Å². The number of hydrogen-bond acceptors (Lipinski definition) is 3. The summed E-state index contributed by atoms with van der Waals surface area (Å²) in [5, 5.41) is 0.618. The molecule has 1 aromatic rings. The molecule has 1 amide bonds. The molecule has 1 aromatic carbocycles. The molecule has 0 spiro atoms. The number of halogens is 1. The smallest absolute Gasteiger partial charge is 0.410 e. The summed E-state index contributed by atoms with van der Waals surface area (Å²) in [5.41, 5.74) is 0.691. The second-order valence-electron chi connectivity index (χ2n) is 6.53. The van der Waals surface area contributed by atoms with Gasteiger partial charge < -0.3 is 14.4 Å². The van der Waals surface area contributed by atoms with Gasteiger partial charge >= 0.3 is 6.09 Å². The van der Waals surface area contributed by atoms with E-state index in [4.69, 9.17) is 21.1 Å². The fraction of sp³-hybridized carbons (Fsp3) is 0.588. The average Bonchev–Trinajstić information content (AvgIpc) is 2.89. The molecule has 0 N–H and O–H groups in total. The minimum absolute atomic E-state index is 0.242. The largest absolute Gasteiger partial charge is 0.492 e. The normalized spacial score (nSPS) is 18.4. The van der Waals surface area contributed by atoms with Crippen molar-refractivity contribution in [2.45, 2.75) is 45.6 Å². The fourth-order valence-electron chi connectivity index (χ4n) is 2.56. The molecule has 0 saturated carbocycles. The third kappa shape index (κ3) is 4.29. The molecular formula is C17H24ClNO3. The van der Waals surface area contributed by atoms with Gasteiger partial charge in [0.05, 0.1) is 11.6 Å². The first-order valence-electron chi connectivity index (χ1n) is 7.70. The first kappa shape index (κ1) is 16.9. The molecule has 22 heavy (non-hydrogen) atoms. The summed E-state index contributed by atoms with van der Waals surface area (Å²) in [7, 11) is 0. The van der Waals surface area contributed by atoms with Gasteiger partial charge in [-0.05, 0) is 51.8 Å². The molecule has 0 radical (unpaired) electrons. The maximum absolute atomic E-state index is 12.1. The van der Waals surface area contributed by atoms with Gasteiger partial charge in [0.15, 0.2) is 0 Å². The first-order valence-corrected chi connectivity index (χ1v) is 8.08. The van der Waals surface area contributed by atoms with Crippen LogP contribution in [0.3, 0.4) is 0 Å². The average molecular weight is 326 g/mol. The van der Waals surface area contributed by atoms with Gasteiger partial charge in [-0.15, -0.1) is 0 Å². The number of ether oxygens (including phenoxy) is 2. The van der Waals surface area contributed by atoms with E-state index in [1.54, 1.807) is 4.90 Å². The van der Waals surface area contributed by atoms with Gasteiger partial charge in [-0.2, -0.15) is 0 Å². The summed E-state index contributed by atoms with van der Waals surface area (Å²) < 4.78 is 11.0. The predicted octanol–water partition coefficient (Wildman–Crippen LogP) is 4.46. The summed E-state index contributed by atoms with van der Waals surface area (Å²) in [5.74, 6) is 1.00. The monoisotopic (exact) mass is 325 g/mol. The lowest BCUT2D eigenvalue weighted by Crippen LogP contribution is -2.35. The van der Waals surface area contributed by atoms with Crippen molar-refractivity contribution >= 4 is 17.7 Å². The molecule has 122 valence electrons. The summed E-state index contributed by atoms with van der Waals surface area (Å²) in [6.45, 7) is 9.54. The number of likely N-dealkylation sites (tertiary alicyclic amines) is 1. The zero-order valence-electron chi connectivity index (χ0n) is 13.7. The van der Waals surface area contributed by atoms with Crippen LogP contribution >= 0.6 is 11.6 Å². The van der Waals surface area contributed by atoms with E-state index in [1.807, 2.05) is 45.9 Å². The lowest BCUT2D eigenvalue weighted by Gasteiger charge is -2.24. The first-order chi connectivity index (χ1) is 10.3. The maximum atomic E-state index is 12.1. The summed E-state index contributed by atoms with van der Waals surface area (Å²) in [6, 6.07) is 5.85. The molecule has 5 heteroatoms. The number of rotatable bonds is 3. The van der Waals surface area contributed by atoms with Gasteiger partial charge in [-0.3, -0.25) is 0 Å². The number of amides is 1. The molecule has 1 aliphatic rings. The lowest BCUT2D eigenvalue weighted by molar-refractivity contribution is 0.0292. The molecule has 1 aliphatic heterocycles. The van der Waals surface area contributed by atoms with Crippen LogP contribution in [-0.2, 0) is 4.74 Å². The maximum Gasteiger partial charge on any atom is 0.410 e. The highest BCUT2D eigenvalue weighted by Crippen LogP contribution is 2.33. The SMILES string of the molecule is CCOc1cc(C2CCN(C(=O)OC(C)(C)C)C2)ccc1Cl. The highest BCUT2D eigenvalue weighted by Gasteiger charge is 2.30. The Morgan fingerprint density at radius 1 is 1.41 bits per heavy atom. The Kier molecular flexibility index (Phi) is 5.22. The van der Waals surface area contributed by atoms with E-state index in [0.717, 1.165) is 12.0 Å². The number of carbonyl (C=O) groups is 1. The molecule has 4 nitrogen and oxygen atoms in total. The van der Waals surface area contributed by atoms with Crippen molar-refractivity contribution in [2.24, 2.45) is 0 Å². The standard InChI is InChI=1S/C17H24ClNO3/c1-5-21-15-10-12(6-7-14(15)18)13-8-9-19(11-13)16(20)22-17(2,3)4/h6-7,10,13H,5,8-9,11H2,1-4H3. The highest BCUT2D eigenvalue weighted by atomic mass is 35.5. The molecular weight excluding hydrogens is 302 g/mol. The third-order valence-corrected chi connectivity index (χ3v) is 3.88. The Morgan fingerprint density at radius 2 is 2.14 bits per heavy atom. The van der Waals surface area contributed by atoms with Crippen molar-refractivity contribution in [3.05, 3.63) is 28.8 Å². The van der Waals surface area contributed by atoms with Gasteiger partial charge in [0, 0.05) is 19.0 Å². The van der Waals surface area contributed by atoms with Crippen molar-refractivity contribution in [1.29, 1.82) is 0 Å². The number of benzene rings is 1. The zero-order chi connectivity index (χ0) is 16.3. The van der Waals surface area contributed by atoms with Crippen molar-refractivity contribution in [2.75, 3.05) is 19.7 Å². The molecule has 1 unspecified atom stereocenters. The van der Waals surface area contributed by atoms with E-state index >= 15 is 0 Å². The third-order valence-electron chi connectivity index (χ3n) is 3.57. The Balaban J connectivity index is 2.04. The van der Waals surface area contributed by atoms with Gasteiger partial charge in [0.1, 0.15) is 11.4 Å². The minimum Gasteiger partial charge on any atom is -0.492 e. The molecule has 0 bridgehead atoms. The number of nitrogens with zero attached hydrogens (tertiary/aromatic N) is 1. The van der Waals surface area contributed by atoms with Crippen molar-refractivity contribution < 1.29 is 14.3 Å². The van der Waals surface area contributed by atoms with E-state index in [2.05, 4.69) is 0 Å². The predicted molar refractivity (Wildman–Crippen MR) is 87.8 cm³/mol. The van der Waals surface area contributed by atoms with E-state index in [1.165, 1.54) is 0 Å². The van der Waals surface area contributed by atoms with Crippen LogP contribution in [0.15, 0.2) is 18.2 Å². The topological polar surface area (TPSA) is 38.8 Å². The van der Waals surface area contributed by atoms with Crippen LogP contribution < -0.4 is 4.74 Å². The number of carbonyl (C=O) groups excluding carboxylic acids is 1. The van der Waals surface area contributed by atoms with Crippen LogP contribution in [0.2, 0.25) is 5.02 Å². The Hall–Kier alpha value is -1.42.